The zero-order valence-corrected chi connectivity index (χ0v) is 9.77. The van der Waals surface area contributed by atoms with Gasteiger partial charge in [-0.25, -0.2) is 0 Å². The normalized spacial score (nSPS) is 12.2. The zero-order chi connectivity index (χ0) is 11.8. The molecule has 0 amide bonds. The number of hydrogen-bond donors (Lipinski definition) is 2. The van der Waals surface area contributed by atoms with Crippen LogP contribution in [0.4, 0.5) is 0 Å². The van der Waals surface area contributed by atoms with Gasteiger partial charge in [0.25, 0.3) is 0 Å². The van der Waals surface area contributed by atoms with Gasteiger partial charge in [-0.3, -0.25) is 0 Å². The molecular weight excluding hydrogens is 206 g/mol. The van der Waals surface area contributed by atoms with Gasteiger partial charge in [0.2, 0.25) is 0 Å². The van der Waals surface area contributed by atoms with Crippen molar-refractivity contribution in [3.8, 4) is 11.5 Å². The lowest BCUT2D eigenvalue weighted by atomic mass is 10.2. The standard InChI is InChI=1S/C12H19NO3/c1-13-10(7-8-14)9-16-12-5-3-11(15-2)4-6-12/h3-6,10,13-14H,7-9H2,1-2H3. The van der Waals surface area contributed by atoms with E-state index in [1.54, 1.807) is 7.11 Å². The smallest absolute Gasteiger partial charge is 0.119 e. The lowest BCUT2D eigenvalue weighted by Gasteiger charge is -2.15. The van der Waals surface area contributed by atoms with E-state index in [-0.39, 0.29) is 12.6 Å². The van der Waals surface area contributed by atoms with Crippen LogP contribution < -0.4 is 14.8 Å². The molecule has 0 bridgehead atoms. The van der Waals surface area contributed by atoms with Gasteiger partial charge in [0.15, 0.2) is 0 Å². The van der Waals surface area contributed by atoms with Crippen LogP contribution >= 0.6 is 0 Å². The summed E-state index contributed by atoms with van der Waals surface area (Å²) in [7, 11) is 3.49. The van der Waals surface area contributed by atoms with Crippen LogP contribution in [0.5, 0.6) is 11.5 Å². The van der Waals surface area contributed by atoms with E-state index in [1.807, 2.05) is 31.3 Å². The Morgan fingerprint density at radius 3 is 2.38 bits per heavy atom. The van der Waals surface area contributed by atoms with Gasteiger partial charge in [-0.1, -0.05) is 0 Å². The number of aliphatic hydroxyl groups is 1. The van der Waals surface area contributed by atoms with Crippen LogP contribution in [0, 0.1) is 0 Å². The van der Waals surface area contributed by atoms with E-state index in [0.29, 0.717) is 13.0 Å². The van der Waals surface area contributed by atoms with Crippen molar-refractivity contribution < 1.29 is 14.6 Å². The molecule has 1 aromatic rings. The molecular formula is C12H19NO3. The molecule has 0 heterocycles. The highest BCUT2D eigenvalue weighted by atomic mass is 16.5. The van der Waals surface area contributed by atoms with Crippen LogP contribution in [0.15, 0.2) is 24.3 Å². The van der Waals surface area contributed by atoms with Crippen molar-refractivity contribution >= 4 is 0 Å². The van der Waals surface area contributed by atoms with Crippen LogP contribution in [0.1, 0.15) is 6.42 Å². The minimum atomic E-state index is 0.164. The van der Waals surface area contributed by atoms with Crippen molar-refractivity contribution in [2.75, 3.05) is 27.4 Å². The molecule has 0 saturated carbocycles. The maximum absolute atomic E-state index is 8.82. The topological polar surface area (TPSA) is 50.7 Å². The summed E-state index contributed by atoms with van der Waals surface area (Å²) in [6.45, 7) is 0.709. The Hall–Kier alpha value is -1.26. The van der Waals surface area contributed by atoms with Crippen LogP contribution in [-0.4, -0.2) is 38.5 Å². The Morgan fingerprint density at radius 2 is 1.88 bits per heavy atom. The third-order valence-electron chi connectivity index (χ3n) is 2.40. The van der Waals surface area contributed by atoms with Gasteiger partial charge in [0, 0.05) is 12.6 Å². The number of benzene rings is 1. The molecule has 2 N–H and O–H groups in total. The number of hydrogen-bond acceptors (Lipinski definition) is 4. The second kappa shape index (κ2) is 7.09. The first-order valence-corrected chi connectivity index (χ1v) is 5.35. The molecule has 1 aromatic carbocycles. The summed E-state index contributed by atoms with van der Waals surface area (Å²) in [5, 5.41) is 11.9. The number of likely N-dealkylation sites (N-methyl/N-ethyl adjacent to an activating group) is 1. The second-order valence-corrected chi connectivity index (χ2v) is 3.48. The van der Waals surface area contributed by atoms with Crippen LogP contribution in [0.2, 0.25) is 0 Å². The molecule has 0 radical (unpaired) electrons. The van der Waals surface area contributed by atoms with Crippen molar-refractivity contribution in [1.82, 2.24) is 5.32 Å². The Morgan fingerprint density at radius 1 is 1.25 bits per heavy atom. The minimum absolute atomic E-state index is 0.164. The molecule has 1 unspecified atom stereocenters. The highest BCUT2D eigenvalue weighted by molar-refractivity contribution is 5.31. The lowest BCUT2D eigenvalue weighted by molar-refractivity contribution is 0.218. The van der Waals surface area contributed by atoms with Gasteiger partial charge in [0.1, 0.15) is 18.1 Å². The molecule has 0 saturated heterocycles. The summed E-state index contributed by atoms with van der Waals surface area (Å²) < 4.78 is 10.6. The number of aliphatic hydroxyl groups excluding tert-OH is 1. The van der Waals surface area contributed by atoms with Crippen molar-refractivity contribution in [3.63, 3.8) is 0 Å². The third-order valence-corrected chi connectivity index (χ3v) is 2.40. The molecule has 16 heavy (non-hydrogen) atoms. The minimum Gasteiger partial charge on any atom is -0.497 e. The van der Waals surface area contributed by atoms with Gasteiger partial charge in [-0.2, -0.15) is 0 Å². The van der Waals surface area contributed by atoms with E-state index in [0.717, 1.165) is 11.5 Å². The summed E-state index contributed by atoms with van der Waals surface area (Å²) >= 11 is 0. The van der Waals surface area contributed by atoms with Gasteiger partial charge in [-0.05, 0) is 37.7 Å². The average Bonchev–Trinajstić information content (AvgIpc) is 2.35. The Labute approximate surface area is 96.2 Å². The van der Waals surface area contributed by atoms with E-state index in [1.165, 1.54) is 0 Å². The summed E-state index contributed by atoms with van der Waals surface area (Å²) in [6.07, 6.45) is 0.687. The monoisotopic (exact) mass is 225 g/mol. The fraction of sp³-hybridized carbons (Fsp3) is 0.500. The summed E-state index contributed by atoms with van der Waals surface area (Å²) in [5.74, 6) is 1.62. The maximum atomic E-state index is 8.82. The van der Waals surface area contributed by atoms with Gasteiger partial charge < -0.3 is 19.9 Å². The highest BCUT2D eigenvalue weighted by Gasteiger charge is 2.05. The number of nitrogens with one attached hydrogen (secondary N) is 1. The maximum Gasteiger partial charge on any atom is 0.119 e. The Bertz CT molecular complexity index is 287. The first kappa shape index (κ1) is 12.8. The van der Waals surface area contributed by atoms with E-state index < -0.39 is 0 Å². The van der Waals surface area contributed by atoms with Crippen molar-refractivity contribution in [2.45, 2.75) is 12.5 Å². The summed E-state index contributed by atoms with van der Waals surface area (Å²) in [4.78, 5) is 0. The Balaban J connectivity index is 2.40. The van der Waals surface area contributed by atoms with Crippen molar-refractivity contribution in [1.29, 1.82) is 0 Å². The van der Waals surface area contributed by atoms with Gasteiger partial charge in [0.05, 0.1) is 7.11 Å². The molecule has 0 aromatic heterocycles. The number of ether oxygens (including phenoxy) is 2. The largest absolute Gasteiger partial charge is 0.497 e. The predicted molar refractivity (Wildman–Crippen MR) is 63.0 cm³/mol. The molecule has 0 spiro atoms. The fourth-order valence-corrected chi connectivity index (χ4v) is 1.34. The molecule has 0 fully saturated rings. The lowest BCUT2D eigenvalue weighted by Crippen LogP contribution is -2.32. The predicted octanol–water partition coefficient (Wildman–Crippen LogP) is 1.04. The van der Waals surface area contributed by atoms with E-state index in [9.17, 15) is 0 Å². The Kier molecular flexibility index (Phi) is 5.67. The molecule has 1 atom stereocenters. The van der Waals surface area contributed by atoms with E-state index >= 15 is 0 Å². The van der Waals surface area contributed by atoms with Gasteiger partial charge in [-0.15, -0.1) is 0 Å². The van der Waals surface area contributed by atoms with Crippen molar-refractivity contribution in [2.24, 2.45) is 0 Å². The average molecular weight is 225 g/mol. The van der Waals surface area contributed by atoms with E-state index in [4.69, 9.17) is 14.6 Å². The van der Waals surface area contributed by atoms with Crippen molar-refractivity contribution in [3.05, 3.63) is 24.3 Å². The van der Waals surface area contributed by atoms with E-state index in [2.05, 4.69) is 5.32 Å². The molecule has 0 aliphatic rings. The number of rotatable bonds is 7. The molecule has 1 rings (SSSR count). The third kappa shape index (κ3) is 4.08. The SMILES string of the molecule is CNC(CCO)COc1ccc(OC)cc1. The summed E-state index contributed by atoms with van der Waals surface area (Å²) in [6, 6.07) is 7.62. The summed E-state index contributed by atoms with van der Waals surface area (Å²) in [5.41, 5.74) is 0. The van der Waals surface area contributed by atoms with Crippen LogP contribution in [0.3, 0.4) is 0 Å². The number of methoxy groups -OCH3 is 1. The fourth-order valence-electron chi connectivity index (χ4n) is 1.34. The second-order valence-electron chi connectivity index (χ2n) is 3.48. The molecule has 90 valence electrons. The molecule has 0 aliphatic carbocycles. The first-order valence-electron chi connectivity index (χ1n) is 5.35. The van der Waals surface area contributed by atoms with Crippen LogP contribution in [0.25, 0.3) is 0 Å². The quantitative estimate of drug-likeness (QED) is 0.728. The highest BCUT2D eigenvalue weighted by Crippen LogP contribution is 2.17. The molecule has 4 nitrogen and oxygen atoms in total. The van der Waals surface area contributed by atoms with Crippen LogP contribution in [-0.2, 0) is 0 Å². The van der Waals surface area contributed by atoms with Gasteiger partial charge >= 0.3 is 0 Å². The molecule has 0 aliphatic heterocycles. The zero-order valence-electron chi connectivity index (χ0n) is 9.77. The first-order chi connectivity index (χ1) is 7.80. The molecule has 4 heteroatoms.